The summed E-state index contributed by atoms with van der Waals surface area (Å²) in [4.78, 5) is 24.1. The van der Waals surface area contributed by atoms with Crippen molar-refractivity contribution < 1.29 is 9.59 Å². The van der Waals surface area contributed by atoms with Crippen LogP contribution >= 0.6 is 15.9 Å². The second-order valence-electron chi connectivity index (χ2n) is 5.99. The van der Waals surface area contributed by atoms with Gasteiger partial charge in [-0.3, -0.25) is 9.59 Å². The summed E-state index contributed by atoms with van der Waals surface area (Å²) in [6.45, 7) is 5.82. The number of hydrogen-bond donors (Lipinski definition) is 2. The zero-order chi connectivity index (χ0) is 20.7. The maximum absolute atomic E-state index is 12.4. The van der Waals surface area contributed by atoms with Crippen LogP contribution in [0.3, 0.4) is 0 Å². The van der Waals surface area contributed by atoms with E-state index in [4.69, 9.17) is 5.73 Å². The van der Waals surface area contributed by atoms with E-state index in [9.17, 15) is 9.59 Å². The Hall–Kier alpha value is -2.86. The number of rotatable bonds is 5. The summed E-state index contributed by atoms with van der Waals surface area (Å²) in [5.41, 5.74) is 8.85. The van der Waals surface area contributed by atoms with E-state index in [1.807, 2.05) is 80.2 Å². The van der Waals surface area contributed by atoms with E-state index in [0.29, 0.717) is 5.69 Å². The number of carbonyl (C=O) groups is 2. The van der Waals surface area contributed by atoms with E-state index in [-0.39, 0.29) is 17.9 Å². The van der Waals surface area contributed by atoms with Gasteiger partial charge in [0.2, 0.25) is 5.91 Å². The van der Waals surface area contributed by atoms with Crippen molar-refractivity contribution >= 4 is 33.4 Å². The van der Waals surface area contributed by atoms with Crippen molar-refractivity contribution in [3.63, 3.8) is 0 Å². The normalized spacial score (nSPS) is 10.0. The molecule has 0 saturated heterocycles. The Morgan fingerprint density at radius 2 is 1.68 bits per heavy atom. The first kappa shape index (κ1) is 21.4. The van der Waals surface area contributed by atoms with Crippen LogP contribution in [0.4, 0.5) is 5.69 Å². The van der Waals surface area contributed by atoms with Crippen LogP contribution in [-0.4, -0.2) is 16.4 Å². The van der Waals surface area contributed by atoms with E-state index in [2.05, 4.69) is 21.2 Å². The third kappa shape index (κ3) is 5.33. The summed E-state index contributed by atoms with van der Waals surface area (Å²) in [5.74, 6) is -0.785. The van der Waals surface area contributed by atoms with Crippen LogP contribution in [0.1, 0.15) is 35.3 Å². The van der Waals surface area contributed by atoms with Crippen LogP contribution < -0.4 is 11.1 Å². The molecule has 3 N–H and O–H groups in total. The van der Waals surface area contributed by atoms with Crippen molar-refractivity contribution in [2.75, 3.05) is 5.32 Å². The number of primary amides is 1. The fraction of sp³-hybridized carbons (Fsp3) is 0.182. The molecule has 0 aliphatic heterocycles. The van der Waals surface area contributed by atoms with Crippen LogP contribution in [0.2, 0.25) is 0 Å². The number of anilines is 1. The van der Waals surface area contributed by atoms with E-state index in [1.54, 1.807) is 6.07 Å². The van der Waals surface area contributed by atoms with Gasteiger partial charge in [-0.25, -0.2) is 0 Å². The highest BCUT2D eigenvalue weighted by molar-refractivity contribution is 9.10. The number of nitrogens with two attached hydrogens (primary N) is 1. The monoisotopic (exact) mass is 441 g/mol. The van der Waals surface area contributed by atoms with Crippen molar-refractivity contribution in [2.24, 2.45) is 5.73 Å². The van der Waals surface area contributed by atoms with Gasteiger partial charge in [-0.1, -0.05) is 41.9 Å². The van der Waals surface area contributed by atoms with Crippen molar-refractivity contribution in [3.8, 4) is 5.69 Å². The number of halogens is 1. The summed E-state index contributed by atoms with van der Waals surface area (Å²) in [5, 5.41) is 2.81. The van der Waals surface area contributed by atoms with Gasteiger partial charge in [0, 0.05) is 22.6 Å². The number of benzene rings is 2. The number of amides is 2. The quantitative estimate of drug-likeness (QED) is 0.593. The molecule has 1 aromatic heterocycles. The molecule has 28 heavy (non-hydrogen) atoms. The van der Waals surface area contributed by atoms with Crippen molar-refractivity contribution in [1.29, 1.82) is 0 Å². The number of nitrogens with one attached hydrogen (secondary N) is 1. The van der Waals surface area contributed by atoms with Gasteiger partial charge >= 0.3 is 0 Å². The van der Waals surface area contributed by atoms with Gasteiger partial charge in [0.1, 0.15) is 0 Å². The molecule has 0 atom stereocenters. The van der Waals surface area contributed by atoms with Gasteiger partial charge in [0.05, 0.1) is 17.7 Å². The molecule has 3 aromatic rings. The zero-order valence-electron chi connectivity index (χ0n) is 16.2. The minimum absolute atomic E-state index is 0.202. The van der Waals surface area contributed by atoms with Gasteiger partial charge in [-0.05, 0) is 54.4 Å². The van der Waals surface area contributed by atoms with E-state index >= 15 is 0 Å². The predicted octanol–water partition coefficient (Wildman–Crippen LogP) is 4.85. The van der Waals surface area contributed by atoms with Gasteiger partial charge in [0.15, 0.2) is 0 Å². The number of aromatic nitrogens is 1. The third-order valence-electron chi connectivity index (χ3n) is 4.03. The fourth-order valence-corrected chi connectivity index (χ4v) is 3.34. The molecule has 1 heterocycles. The lowest BCUT2D eigenvalue weighted by atomic mass is 10.1. The van der Waals surface area contributed by atoms with Crippen LogP contribution in [0.5, 0.6) is 0 Å². The Kier molecular flexibility index (Phi) is 7.58. The molecule has 0 aliphatic rings. The molecule has 0 fully saturated rings. The predicted molar refractivity (Wildman–Crippen MR) is 117 cm³/mol. The van der Waals surface area contributed by atoms with E-state index in [1.165, 1.54) is 0 Å². The lowest BCUT2D eigenvalue weighted by Gasteiger charge is -2.13. The van der Waals surface area contributed by atoms with E-state index in [0.717, 1.165) is 21.3 Å². The molecular formula is C22H24BrN3O2. The fourth-order valence-electron chi connectivity index (χ4n) is 2.76. The largest absolute Gasteiger partial charge is 0.366 e. The van der Waals surface area contributed by atoms with Crippen LogP contribution in [0.15, 0.2) is 65.4 Å². The first-order valence-corrected chi connectivity index (χ1v) is 9.85. The average molecular weight is 442 g/mol. The molecule has 2 amide bonds. The zero-order valence-corrected chi connectivity index (χ0v) is 17.8. The van der Waals surface area contributed by atoms with Crippen LogP contribution in [0.25, 0.3) is 5.69 Å². The average Bonchev–Trinajstić information content (AvgIpc) is 3.20. The molecule has 0 radical (unpaired) electrons. The van der Waals surface area contributed by atoms with E-state index < -0.39 is 5.91 Å². The van der Waals surface area contributed by atoms with Gasteiger partial charge in [0.25, 0.3) is 5.91 Å². The van der Waals surface area contributed by atoms with Gasteiger partial charge in [-0.2, -0.15) is 0 Å². The summed E-state index contributed by atoms with van der Waals surface area (Å²) < 4.78 is 2.73. The highest BCUT2D eigenvalue weighted by Gasteiger charge is 2.15. The Morgan fingerprint density at radius 3 is 2.25 bits per heavy atom. The number of aryl methyl sites for hydroxylation is 1. The highest BCUT2D eigenvalue weighted by atomic mass is 79.9. The maximum Gasteiger partial charge on any atom is 0.250 e. The Balaban J connectivity index is 0.00000136. The Bertz CT molecular complexity index is 949. The van der Waals surface area contributed by atoms with Crippen molar-refractivity contribution in [3.05, 3.63) is 82.1 Å². The number of hydrogen-bond acceptors (Lipinski definition) is 2. The van der Waals surface area contributed by atoms with Crippen molar-refractivity contribution in [2.45, 2.75) is 27.2 Å². The molecule has 0 spiro atoms. The molecule has 0 bridgehead atoms. The minimum Gasteiger partial charge on any atom is -0.366 e. The Labute approximate surface area is 173 Å². The second kappa shape index (κ2) is 9.90. The standard InChI is InChI=1S/C20H18BrN3O2.C2H6/c1-13-10-15(21)12-17(20(22)26)19(13)23-18(25)11-14-4-6-16(7-5-14)24-8-2-3-9-24;1-2/h2-10,12H,11H2,1H3,(H2,22,26)(H,23,25);1-2H3. The molecule has 146 valence electrons. The lowest BCUT2D eigenvalue weighted by molar-refractivity contribution is -0.115. The molecule has 6 heteroatoms. The van der Waals surface area contributed by atoms with Gasteiger partial charge in [-0.15, -0.1) is 0 Å². The highest BCUT2D eigenvalue weighted by Crippen LogP contribution is 2.26. The molecule has 2 aromatic carbocycles. The molecular weight excluding hydrogens is 418 g/mol. The third-order valence-corrected chi connectivity index (χ3v) is 4.49. The lowest BCUT2D eigenvalue weighted by Crippen LogP contribution is -2.20. The summed E-state index contributed by atoms with van der Waals surface area (Å²) >= 11 is 3.34. The molecule has 0 unspecified atom stereocenters. The topological polar surface area (TPSA) is 77.1 Å². The molecule has 3 rings (SSSR count). The maximum atomic E-state index is 12.4. The van der Waals surface area contributed by atoms with Crippen LogP contribution in [-0.2, 0) is 11.2 Å². The summed E-state index contributed by atoms with van der Waals surface area (Å²) in [6.07, 6.45) is 4.13. The smallest absolute Gasteiger partial charge is 0.250 e. The van der Waals surface area contributed by atoms with Crippen LogP contribution in [0, 0.1) is 6.92 Å². The Morgan fingerprint density at radius 1 is 1.07 bits per heavy atom. The first-order chi connectivity index (χ1) is 13.4. The second-order valence-corrected chi connectivity index (χ2v) is 6.91. The molecule has 0 aliphatic carbocycles. The first-order valence-electron chi connectivity index (χ1n) is 9.06. The number of carbonyl (C=O) groups excluding carboxylic acids is 2. The molecule has 0 saturated carbocycles. The SMILES string of the molecule is CC.Cc1cc(Br)cc(C(N)=O)c1NC(=O)Cc1ccc(-n2cccc2)cc1. The summed E-state index contributed by atoms with van der Waals surface area (Å²) in [7, 11) is 0. The summed E-state index contributed by atoms with van der Waals surface area (Å²) in [6, 6.07) is 15.1. The van der Waals surface area contributed by atoms with Gasteiger partial charge < -0.3 is 15.6 Å². The van der Waals surface area contributed by atoms with Crippen molar-refractivity contribution in [1.82, 2.24) is 4.57 Å². The molecule has 5 nitrogen and oxygen atoms in total. The minimum atomic E-state index is -0.583. The number of nitrogens with zero attached hydrogens (tertiary/aromatic N) is 1.